The fourth-order valence-electron chi connectivity index (χ4n) is 2.81. The van der Waals surface area contributed by atoms with Crippen molar-refractivity contribution in [2.75, 3.05) is 12.4 Å². The second kappa shape index (κ2) is 7.84. The molecule has 1 amide bonds. The number of carbonyl (C=O) groups is 1. The lowest BCUT2D eigenvalue weighted by atomic mass is 10.1. The Morgan fingerprint density at radius 2 is 1.81 bits per heavy atom. The Labute approximate surface area is 156 Å². The predicted octanol–water partition coefficient (Wildman–Crippen LogP) is 4.34. The van der Waals surface area contributed by atoms with Gasteiger partial charge in [0.25, 0.3) is 0 Å². The topological polar surface area (TPSA) is 106 Å². The van der Waals surface area contributed by atoms with Crippen molar-refractivity contribution in [2.45, 2.75) is 13.5 Å². The lowest BCUT2D eigenvalue weighted by Crippen LogP contribution is -2.06. The number of nitrogens with zero attached hydrogens (tertiary/aromatic N) is 2. The van der Waals surface area contributed by atoms with E-state index in [2.05, 4.69) is 20.9 Å². The number of nitrogens with one attached hydrogen (secondary N) is 2. The number of hydrogen-bond donors (Lipinski definition) is 4. The van der Waals surface area contributed by atoms with E-state index in [9.17, 15) is 15.0 Å². The summed E-state index contributed by atoms with van der Waals surface area (Å²) in [6.45, 7) is 2.03. The van der Waals surface area contributed by atoms with Crippen molar-refractivity contribution >= 4 is 33.7 Å². The molecule has 27 heavy (non-hydrogen) atoms. The highest BCUT2D eigenvalue weighted by atomic mass is 16.3. The maximum absolute atomic E-state index is 11.5. The van der Waals surface area contributed by atoms with E-state index in [0.29, 0.717) is 17.6 Å². The Balaban J connectivity index is 2.11. The summed E-state index contributed by atoms with van der Waals surface area (Å²) in [6.07, 6.45) is 0. The second-order valence-corrected chi connectivity index (χ2v) is 6.07. The van der Waals surface area contributed by atoms with Crippen LogP contribution >= 0.6 is 0 Å². The molecule has 138 valence electrons. The van der Waals surface area contributed by atoms with Gasteiger partial charge in [-0.1, -0.05) is 24.3 Å². The number of azo groups is 1. The molecule has 0 saturated heterocycles. The number of benzene rings is 3. The number of phenolic OH excluding ortho intramolecular Hbond substituents is 2. The molecular formula is C20H20N4O3. The zero-order valence-electron chi connectivity index (χ0n) is 15.0. The van der Waals surface area contributed by atoms with Gasteiger partial charge in [0.05, 0.1) is 5.69 Å². The van der Waals surface area contributed by atoms with Crippen LogP contribution in [0.1, 0.15) is 12.5 Å². The standard InChI is InChI=1S/C20H20N4O3/c1-12(25)22-15-5-3-4-14-7-9-18(27)20(19(14)15)24-23-16-10-13(11-21-2)6-8-17(16)26/h3-10,21,26-27H,11H2,1-2H3,(H,22,25). The molecule has 0 atom stereocenters. The quantitative estimate of drug-likeness (QED) is 0.505. The summed E-state index contributed by atoms with van der Waals surface area (Å²) in [5, 5.41) is 35.8. The second-order valence-electron chi connectivity index (χ2n) is 6.07. The SMILES string of the molecule is CNCc1ccc(O)c(N=Nc2c(O)ccc3cccc(NC(C)=O)c23)c1. The molecule has 4 N–H and O–H groups in total. The molecule has 0 fully saturated rings. The molecular weight excluding hydrogens is 344 g/mol. The van der Waals surface area contributed by atoms with Gasteiger partial charge in [-0.2, -0.15) is 0 Å². The largest absolute Gasteiger partial charge is 0.506 e. The highest BCUT2D eigenvalue weighted by molar-refractivity contribution is 6.08. The van der Waals surface area contributed by atoms with Gasteiger partial charge >= 0.3 is 0 Å². The Hall–Kier alpha value is -3.45. The van der Waals surface area contributed by atoms with Crippen molar-refractivity contribution in [3.8, 4) is 11.5 Å². The number of carbonyl (C=O) groups excluding carboxylic acids is 1. The maximum atomic E-state index is 11.5. The fraction of sp³-hybridized carbons (Fsp3) is 0.150. The normalized spacial score (nSPS) is 11.2. The van der Waals surface area contributed by atoms with Gasteiger partial charge in [-0.25, -0.2) is 0 Å². The molecule has 0 spiro atoms. The van der Waals surface area contributed by atoms with Crippen molar-refractivity contribution in [1.82, 2.24) is 5.32 Å². The Kier molecular flexibility index (Phi) is 5.33. The van der Waals surface area contributed by atoms with Crippen LogP contribution in [0.25, 0.3) is 10.8 Å². The van der Waals surface area contributed by atoms with Crippen molar-refractivity contribution in [1.29, 1.82) is 0 Å². The molecule has 0 aliphatic carbocycles. The van der Waals surface area contributed by atoms with Crippen LogP contribution in [0.4, 0.5) is 17.1 Å². The molecule has 0 aliphatic heterocycles. The van der Waals surface area contributed by atoms with Crippen LogP contribution in [0.2, 0.25) is 0 Å². The first kappa shape index (κ1) is 18.3. The summed E-state index contributed by atoms with van der Waals surface area (Å²) in [6, 6.07) is 13.7. The van der Waals surface area contributed by atoms with E-state index in [1.54, 1.807) is 36.4 Å². The van der Waals surface area contributed by atoms with E-state index in [1.807, 2.05) is 13.1 Å². The fourth-order valence-corrected chi connectivity index (χ4v) is 2.81. The van der Waals surface area contributed by atoms with Gasteiger partial charge in [0.15, 0.2) is 0 Å². The number of rotatable bonds is 5. The predicted molar refractivity (Wildman–Crippen MR) is 105 cm³/mol. The minimum atomic E-state index is -0.230. The van der Waals surface area contributed by atoms with Crippen molar-refractivity contribution in [3.05, 3.63) is 54.1 Å². The van der Waals surface area contributed by atoms with Gasteiger partial charge < -0.3 is 20.8 Å². The average molecular weight is 364 g/mol. The van der Waals surface area contributed by atoms with Crippen molar-refractivity contribution in [2.24, 2.45) is 10.2 Å². The number of aromatic hydroxyl groups is 2. The summed E-state index contributed by atoms with van der Waals surface area (Å²) in [4.78, 5) is 11.5. The molecule has 0 aromatic heterocycles. The van der Waals surface area contributed by atoms with Gasteiger partial charge in [0, 0.05) is 18.9 Å². The van der Waals surface area contributed by atoms with Gasteiger partial charge in [-0.15, -0.1) is 10.2 Å². The van der Waals surface area contributed by atoms with E-state index in [-0.39, 0.29) is 28.8 Å². The van der Waals surface area contributed by atoms with Gasteiger partial charge in [-0.3, -0.25) is 4.79 Å². The van der Waals surface area contributed by atoms with Gasteiger partial charge in [0.2, 0.25) is 5.91 Å². The first-order chi connectivity index (χ1) is 13.0. The van der Waals surface area contributed by atoms with E-state index in [1.165, 1.54) is 13.0 Å². The molecule has 3 aromatic rings. The molecule has 0 radical (unpaired) electrons. The van der Waals surface area contributed by atoms with Crippen LogP contribution in [0.15, 0.2) is 58.8 Å². The van der Waals surface area contributed by atoms with E-state index >= 15 is 0 Å². The van der Waals surface area contributed by atoms with Crippen LogP contribution in [0.5, 0.6) is 11.5 Å². The van der Waals surface area contributed by atoms with Crippen LogP contribution in [0, 0.1) is 0 Å². The zero-order valence-corrected chi connectivity index (χ0v) is 15.0. The molecule has 7 nitrogen and oxygen atoms in total. The minimum absolute atomic E-state index is 0.0135. The van der Waals surface area contributed by atoms with Gasteiger partial charge in [-0.05, 0) is 42.3 Å². The number of fused-ring (bicyclic) bond motifs is 1. The summed E-state index contributed by atoms with van der Waals surface area (Å²) < 4.78 is 0. The summed E-state index contributed by atoms with van der Waals surface area (Å²) in [7, 11) is 1.83. The maximum Gasteiger partial charge on any atom is 0.221 e. The highest BCUT2D eigenvalue weighted by Gasteiger charge is 2.12. The van der Waals surface area contributed by atoms with E-state index in [4.69, 9.17) is 0 Å². The first-order valence-corrected chi connectivity index (χ1v) is 8.40. The molecule has 0 unspecified atom stereocenters. The number of hydrogen-bond acceptors (Lipinski definition) is 6. The number of amides is 1. The summed E-state index contributed by atoms with van der Waals surface area (Å²) in [5.74, 6) is -0.318. The Morgan fingerprint density at radius 1 is 1.04 bits per heavy atom. The monoisotopic (exact) mass is 364 g/mol. The zero-order chi connectivity index (χ0) is 19.4. The minimum Gasteiger partial charge on any atom is -0.506 e. The lowest BCUT2D eigenvalue weighted by Gasteiger charge is -2.10. The van der Waals surface area contributed by atoms with Crippen LogP contribution in [0.3, 0.4) is 0 Å². The van der Waals surface area contributed by atoms with Crippen molar-refractivity contribution in [3.63, 3.8) is 0 Å². The van der Waals surface area contributed by atoms with Gasteiger partial charge in [0.1, 0.15) is 22.9 Å². The number of phenols is 2. The molecule has 3 aromatic carbocycles. The van der Waals surface area contributed by atoms with Crippen LogP contribution in [-0.2, 0) is 11.3 Å². The third-order valence-corrected chi connectivity index (χ3v) is 3.99. The van der Waals surface area contributed by atoms with Crippen LogP contribution in [-0.4, -0.2) is 23.2 Å². The first-order valence-electron chi connectivity index (χ1n) is 8.40. The highest BCUT2D eigenvalue weighted by Crippen LogP contribution is 2.41. The molecule has 3 rings (SSSR count). The smallest absolute Gasteiger partial charge is 0.221 e. The molecule has 0 saturated carbocycles. The van der Waals surface area contributed by atoms with E-state index < -0.39 is 0 Å². The summed E-state index contributed by atoms with van der Waals surface area (Å²) in [5.41, 5.74) is 1.97. The van der Waals surface area contributed by atoms with Crippen molar-refractivity contribution < 1.29 is 15.0 Å². The molecule has 0 bridgehead atoms. The number of anilines is 1. The third-order valence-electron chi connectivity index (χ3n) is 3.99. The Bertz CT molecular complexity index is 1030. The Morgan fingerprint density at radius 3 is 2.56 bits per heavy atom. The molecule has 0 aliphatic rings. The average Bonchev–Trinajstić information content (AvgIpc) is 2.63. The summed E-state index contributed by atoms with van der Waals surface area (Å²) >= 11 is 0. The van der Waals surface area contributed by atoms with Crippen LogP contribution < -0.4 is 10.6 Å². The molecule has 7 heteroatoms. The van der Waals surface area contributed by atoms with E-state index in [0.717, 1.165) is 10.9 Å². The lowest BCUT2D eigenvalue weighted by molar-refractivity contribution is -0.114. The third kappa shape index (κ3) is 4.04. The molecule has 0 heterocycles.